The Kier molecular flexibility index (Phi) is 4.64. The van der Waals surface area contributed by atoms with Gasteiger partial charge in [-0.2, -0.15) is 26.3 Å². The van der Waals surface area contributed by atoms with Crippen LogP contribution in [0.4, 0.5) is 32.0 Å². The van der Waals surface area contributed by atoms with Crippen LogP contribution in [0.3, 0.4) is 0 Å². The summed E-state index contributed by atoms with van der Waals surface area (Å²) in [6.45, 7) is 0. The van der Waals surface area contributed by atoms with Crippen molar-refractivity contribution >= 4 is 15.7 Å². The zero-order valence-electron chi connectivity index (χ0n) is 12.0. The first kappa shape index (κ1) is 18.9. The second kappa shape index (κ2) is 6.14. The van der Waals surface area contributed by atoms with Crippen LogP contribution < -0.4 is 4.72 Å². The van der Waals surface area contributed by atoms with E-state index in [0.29, 0.717) is 24.3 Å². The smallest absolute Gasteiger partial charge is 0.417 e. The lowest BCUT2D eigenvalue weighted by molar-refractivity contribution is -0.140. The van der Waals surface area contributed by atoms with Crippen molar-refractivity contribution in [2.75, 3.05) is 4.72 Å². The van der Waals surface area contributed by atoms with Crippen LogP contribution in [0.1, 0.15) is 11.1 Å². The maximum atomic E-state index is 12.9. The van der Waals surface area contributed by atoms with Crippen LogP contribution in [0, 0.1) is 0 Å². The second-order valence-corrected chi connectivity index (χ2v) is 6.48. The summed E-state index contributed by atoms with van der Waals surface area (Å²) in [5.41, 5.74) is -3.67. The van der Waals surface area contributed by atoms with Gasteiger partial charge in [0.1, 0.15) is 5.75 Å². The Balaban J connectivity index is 2.51. The van der Waals surface area contributed by atoms with Gasteiger partial charge >= 0.3 is 12.4 Å². The predicted octanol–water partition coefficient (Wildman–Crippen LogP) is 4.23. The molecule has 11 heteroatoms. The Morgan fingerprint density at radius 3 is 2.04 bits per heavy atom. The molecule has 0 spiro atoms. The van der Waals surface area contributed by atoms with Gasteiger partial charge in [-0.15, -0.1) is 0 Å². The number of hydrogen-bond donors (Lipinski definition) is 2. The molecule has 0 saturated heterocycles. The minimum Gasteiger partial charge on any atom is -0.506 e. The topological polar surface area (TPSA) is 66.4 Å². The molecule has 0 aromatic heterocycles. The largest absolute Gasteiger partial charge is 0.506 e. The average molecular weight is 385 g/mol. The van der Waals surface area contributed by atoms with Crippen molar-refractivity contribution in [2.45, 2.75) is 17.2 Å². The van der Waals surface area contributed by atoms with E-state index in [4.69, 9.17) is 0 Å². The molecule has 0 unspecified atom stereocenters. The number of alkyl halides is 6. The summed E-state index contributed by atoms with van der Waals surface area (Å²) in [4.78, 5) is -1.18. The fraction of sp³-hybridized carbons (Fsp3) is 0.143. The first-order valence-electron chi connectivity index (χ1n) is 6.41. The van der Waals surface area contributed by atoms with Gasteiger partial charge in [0.15, 0.2) is 0 Å². The maximum Gasteiger partial charge on any atom is 0.417 e. The third-order valence-electron chi connectivity index (χ3n) is 3.05. The Bertz CT molecular complexity index is 890. The van der Waals surface area contributed by atoms with Gasteiger partial charge in [0.2, 0.25) is 0 Å². The van der Waals surface area contributed by atoms with Crippen LogP contribution in [0.15, 0.2) is 47.4 Å². The fourth-order valence-corrected chi connectivity index (χ4v) is 3.22. The molecule has 0 aliphatic rings. The van der Waals surface area contributed by atoms with E-state index in [0.717, 1.165) is 12.1 Å². The molecule has 25 heavy (non-hydrogen) atoms. The lowest BCUT2D eigenvalue weighted by atomic mass is 10.2. The summed E-state index contributed by atoms with van der Waals surface area (Å²) in [5, 5.41) is 9.52. The van der Waals surface area contributed by atoms with Gasteiger partial charge in [0, 0.05) is 0 Å². The molecule has 136 valence electrons. The monoisotopic (exact) mass is 385 g/mol. The summed E-state index contributed by atoms with van der Waals surface area (Å²) in [7, 11) is -4.91. The van der Waals surface area contributed by atoms with E-state index in [9.17, 15) is 39.9 Å². The number of halogens is 6. The highest BCUT2D eigenvalue weighted by Crippen LogP contribution is 2.37. The molecule has 0 heterocycles. The van der Waals surface area contributed by atoms with Gasteiger partial charge in [-0.3, -0.25) is 4.72 Å². The summed E-state index contributed by atoms with van der Waals surface area (Å²) in [6.07, 6.45) is -9.83. The molecule has 0 saturated carbocycles. The van der Waals surface area contributed by atoms with Gasteiger partial charge in [0.05, 0.1) is 21.7 Å². The Hall–Kier alpha value is -2.43. The van der Waals surface area contributed by atoms with Crippen LogP contribution in [-0.2, 0) is 22.4 Å². The predicted molar refractivity (Wildman–Crippen MR) is 75.4 cm³/mol. The highest BCUT2D eigenvalue weighted by atomic mass is 32.2. The van der Waals surface area contributed by atoms with E-state index >= 15 is 0 Å². The normalized spacial score (nSPS) is 12.9. The molecule has 2 N–H and O–H groups in total. The first-order chi connectivity index (χ1) is 11.3. The third-order valence-corrected chi connectivity index (χ3v) is 4.47. The summed E-state index contributed by atoms with van der Waals surface area (Å²) >= 11 is 0. The van der Waals surface area contributed by atoms with E-state index in [1.807, 2.05) is 0 Å². The molecule has 4 nitrogen and oxygen atoms in total. The molecular weight excluding hydrogens is 376 g/mol. The molecule has 0 bridgehead atoms. The molecule has 0 radical (unpaired) electrons. The van der Waals surface area contributed by atoms with Crippen molar-refractivity contribution in [1.82, 2.24) is 0 Å². The first-order valence-corrected chi connectivity index (χ1v) is 7.90. The van der Waals surface area contributed by atoms with Crippen molar-refractivity contribution in [2.24, 2.45) is 0 Å². The van der Waals surface area contributed by atoms with Crippen molar-refractivity contribution in [3.8, 4) is 5.75 Å². The number of nitrogens with one attached hydrogen (secondary N) is 1. The van der Waals surface area contributed by atoms with Crippen LogP contribution in [0.2, 0.25) is 0 Å². The van der Waals surface area contributed by atoms with Crippen LogP contribution >= 0.6 is 0 Å². The summed E-state index contributed by atoms with van der Waals surface area (Å²) in [6, 6.07) is 4.51. The second-order valence-electron chi connectivity index (χ2n) is 4.83. The lowest BCUT2D eigenvalue weighted by Gasteiger charge is -2.16. The summed E-state index contributed by atoms with van der Waals surface area (Å²) < 4.78 is 103. The van der Waals surface area contributed by atoms with Gasteiger partial charge in [0.25, 0.3) is 10.0 Å². The van der Waals surface area contributed by atoms with E-state index in [1.165, 1.54) is 0 Å². The highest BCUT2D eigenvalue weighted by Gasteiger charge is 2.37. The van der Waals surface area contributed by atoms with Gasteiger partial charge < -0.3 is 5.11 Å². The summed E-state index contributed by atoms with van der Waals surface area (Å²) in [5.74, 6) is -0.874. The molecule has 2 aromatic carbocycles. The Morgan fingerprint density at radius 2 is 1.48 bits per heavy atom. The minimum absolute atomic E-state index is 0.281. The standard InChI is InChI=1S/C14H9F6NO3S/c15-13(16,17)8-5-6-11(22)10(7-8)21-25(23,24)12-4-2-1-3-9(12)14(18,19)20/h1-7,21-22H. The van der Waals surface area contributed by atoms with Crippen LogP contribution in [0.25, 0.3) is 0 Å². The number of phenols is 1. The molecule has 0 atom stereocenters. The average Bonchev–Trinajstić information content (AvgIpc) is 2.47. The quantitative estimate of drug-likeness (QED) is 0.614. The molecular formula is C14H9F6NO3S. The number of benzene rings is 2. The minimum atomic E-state index is -5.00. The number of hydrogen-bond acceptors (Lipinski definition) is 3. The van der Waals surface area contributed by atoms with Crippen LogP contribution in [0.5, 0.6) is 5.75 Å². The third kappa shape index (κ3) is 4.16. The zero-order valence-corrected chi connectivity index (χ0v) is 12.8. The highest BCUT2D eigenvalue weighted by molar-refractivity contribution is 7.92. The van der Waals surface area contributed by atoms with Crippen LogP contribution in [-0.4, -0.2) is 13.5 Å². The lowest BCUT2D eigenvalue weighted by Crippen LogP contribution is -2.19. The number of rotatable bonds is 3. The molecule has 0 aliphatic carbocycles. The SMILES string of the molecule is O=S(=O)(Nc1cc(C(F)(F)F)ccc1O)c1ccccc1C(F)(F)F. The van der Waals surface area contributed by atoms with E-state index in [2.05, 4.69) is 0 Å². The van der Waals surface area contributed by atoms with E-state index < -0.39 is 49.8 Å². The molecule has 2 aromatic rings. The van der Waals surface area contributed by atoms with E-state index in [1.54, 1.807) is 4.72 Å². The molecule has 0 amide bonds. The van der Waals surface area contributed by atoms with Crippen molar-refractivity contribution in [3.05, 3.63) is 53.6 Å². The number of sulfonamides is 1. The Labute approximate surface area is 137 Å². The van der Waals surface area contributed by atoms with Crippen molar-refractivity contribution in [1.29, 1.82) is 0 Å². The fourth-order valence-electron chi connectivity index (χ4n) is 1.93. The number of phenolic OH excluding ortho intramolecular Hbond substituents is 1. The molecule has 0 fully saturated rings. The molecule has 2 rings (SSSR count). The zero-order chi connectivity index (χ0) is 19.0. The van der Waals surface area contributed by atoms with Gasteiger partial charge in [-0.25, -0.2) is 8.42 Å². The van der Waals surface area contributed by atoms with Gasteiger partial charge in [-0.05, 0) is 30.3 Å². The number of anilines is 1. The van der Waals surface area contributed by atoms with Gasteiger partial charge in [-0.1, -0.05) is 12.1 Å². The maximum absolute atomic E-state index is 12.9. The molecule has 0 aliphatic heterocycles. The Morgan fingerprint density at radius 1 is 0.880 bits per heavy atom. The van der Waals surface area contributed by atoms with E-state index in [-0.39, 0.29) is 6.07 Å². The van der Waals surface area contributed by atoms with Crippen molar-refractivity contribution in [3.63, 3.8) is 0 Å². The number of aromatic hydroxyl groups is 1. The van der Waals surface area contributed by atoms with Crippen molar-refractivity contribution < 1.29 is 39.9 Å².